The Morgan fingerprint density at radius 1 is 1.42 bits per heavy atom. The Morgan fingerprint density at radius 2 is 2.21 bits per heavy atom. The van der Waals surface area contributed by atoms with Crippen molar-refractivity contribution in [2.24, 2.45) is 0 Å². The highest BCUT2D eigenvalue weighted by Crippen LogP contribution is 2.22. The minimum absolute atomic E-state index is 0.141. The van der Waals surface area contributed by atoms with Crippen LogP contribution in [0.5, 0.6) is 5.75 Å². The standard InChI is InChI=1S/C13H14N2O3S/c1-18-6-5-15-11(8-12(17)14-13(15)19)9-3-2-4-10(16)7-9/h2-4,7-8,16H,5-6H2,1H3,(H,14,17,19). The van der Waals surface area contributed by atoms with Gasteiger partial charge in [0.25, 0.3) is 5.56 Å². The Labute approximate surface area is 115 Å². The van der Waals surface area contributed by atoms with Gasteiger partial charge in [0, 0.05) is 25.3 Å². The lowest BCUT2D eigenvalue weighted by Crippen LogP contribution is -2.16. The molecule has 0 saturated heterocycles. The smallest absolute Gasteiger partial charge is 0.252 e. The fraction of sp³-hybridized carbons (Fsp3) is 0.231. The molecule has 6 heteroatoms. The highest BCUT2D eigenvalue weighted by Gasteiger charge is 2.07. The third-order valence-corrected chi connectivity index (χ3v) is 3.02. The fourth-order valence-corrected chi connectivity index (χ4v) is 2.12. The Bertz CT molecular complexity index is 691. The quantitative estimate of drug-likeness (QED) is 0.839. The summed E-state index contributed by atoms with van der Waals surface area (Å²) in [6, 6.07) is 8.15. The van der Waals surface area contributed by atoms with Crippen molar-refractivity contribution in [2.45, 2.75) is 6.54 Å². The third-order valence-electron chi connectivity index (χ3n) is 2.69. The summed E-state index contributed by atoms with van der Waals surface area (Å²) in [5, 5.41) is 9.53. The van der Waals surface area contributed by atoms with Gasteiger partial charge in [0.2, 0.25) is 0 Å². The molecule has 1 heterocycles. The second kappa shape index (κ2) is 5.81. The largest absolute Gasteiger partial charge is 0.508 e. The van der Waals surface area contributed by atoms with Gasteiger partial charge in [0.05, 0.1) is 12.3 Å². The second-order valence-electron chi connectivity index (χ2n) is 4.02. The van der Waals surface area contributed by atoms with E-state index in [1.807, 2.05) is 6.07 Å². The van der Waals surface area contributed by atoms with Gasteiger partial charge in [0.1, 0.15) is 5.75 Å². The third kappa shape index (κ3) is 3.10. The van der Waals surface area contributed by atoms with Gasteiger partial charge < -0.3 is 14.4 Å². The summed E-state index contributed by atoms with van der Waals surface area (Å²) in [5.41, 5.74) is 1.12. The molecule has 2 N–H and O–H groups in total. The molecule has 1 aromatic carbocycles. The molecule has 0 amide bonds. The summed E-state index contributed by atoms with van der Waals surface area (Å²) in [7, 11) is 1.60. The number of aromatic amines is 1. The number of ether oxygens (including phenoxy) is 1. The van der Waals surface area contributed by atoms with Gasteiger partial charge in [-0.3, -0.25) is 9.78 Å². The predicted octanol–water partition coefficient (Wildman–Crippen LogP) is 1.92. The number of nitrogens with zero attached hydrogens (tertiary/aromatic N) is 1. The van der Waals surface area contributed by atoms with Crippen LogP contribution in [-0.4, -0.2) is 28.4 Å². The van der Waals surface area contributed by atoms with Crippen LogP contribution in [0.4, 0.5) is 0 Å². The van der Waals surface area contributed by atoms with Gasteiger partial charge in [-0.2, -0.15) is 0 Å². The minimum Gasteiger partial charge on any atom is -0.508 e. The molecular weight excluding hydrogens is 264 g/mol. The summed E-state index contributed by atoms with van der Waals surface area (Å²) in [5.74, 6) is 0.141. The van der Waals surface area contributed by atoms with Crippen molar-refractivity contribution in [3.63, 3.8) is 0 Å². The maximum absolute atomic E-state index is 11.6. The predicted molar refractivity (Wildman–Crippen MR) is 74.9 cm³/mol. The van der Waals surface area contributed by atoms with Crippen LogP contribution in [0.3, 0.4) is 0 Å². The van der Waals surface area contributed by atoms with Crippen LogP contribution in [0.25, 0.3) is 11.3 Å². The number of methoxy groups -OCH3 is 1. The maximum Gasteiger partial charge on any atom is 0.252 e. The van der Waals surface area contributed by atoms with Gasteiger partial charge in [0.15, 0.2) is 4.77 Å². The van der Waals surface area contributed by atoms with Crippen molar-refractivity contribution in [1.82, 2.24) is 9.55 Å². The number of phenolic OH excluding ortho intramolecular Hbond substituents is 1. The zero-order valence-electron chi connectivity index (χ0n) is 10.4. The highest BCUT2D eigenvalue weighted by molar-refractivity contribution is 7.71. The van der Waals surface area contributed by atoms with Crippen LogP contribution < -0.4 is 5.56 Å². The van der Waals surface area contributed by atoms with Gasteiger partial charge >= 0.3 is 0 Å². The van der Waals surface area contributed by atoms with Gasteiger partial charge in [-0.15, -0.1) is 0 Å². The number of hydrogen-bond acceptors (Lipinski definition) is 4. The Hall–Kier alpha value is -1.92. The van der Waals surface area contributed by atoms with E-state index >= 15 is 0 Å². The summed E-state index contributed by atoms with van der Waals surface area (Å²) in [4.78, 5) is 14.1. The lowest BCUT2D eigenvalue weighted by Gasteiger charge is -2.13. The average Bonchev–Trinajstić information content (AvgIpc) is 2.37. The minimum atomic E-state index is -0.267. The summed E-state index contributed by atoms with van der Waals surface area (Å²) in [6.45, 7) is 1.00. The molecule has 0 spiro atoms. The zero-order valence-corrected chi connectivity index (χ0v) is 11.2. The normalized spacial score (nSPS) is 10.6. The van der Waals surface area contributed by atoms with Crippen LogP contribution in [0.15, 0.2) is 35.1 Å². The first-order valence-corrected chi connectivity index (χ1v) is 6.15. The van der Waals surface area contributed by atoms with E-state index in [0.717, 1.165) is 5.56 Å². The van der Waals surface area contributed by atoms with Gasteiger partial charge in [-0.05, 0) is 24.4 Å². The highest BCUT2D eigenvalue weighted by atomic mass is 32.1. The molecule has 100 valence electrons. The molecule has 0 unspecified atom stereocenters. The molecule has 0 fully saturated rings. The first-order valence-electron chi connectivity index (χ1n) is 5.74. The number of phenols is 1. The fourth-order valence-electron chi connectivity index (χ4n) is 1.83. The molecule has 0 saturated carbocycles. The van der Waals surface area contributed by atoms with Gasteiger partial charge in [-0.25, -0.2) is 0 Å². The number of hydrogen-bond donors (Lipinski definition) is 2. The molecule has 19 heavy (non-hydrogen) atoms. The number of rotatable bonds is 4. The molecule has 2 rings (SSSR count). The zero-order chi connectivity index (χ0) is 13.8. The van der Waals surface area contributed by atoms with E-state index in [2.05, 4.69) is 4.98 Å². The molecule has 0 bridgehead atoms. The summed E-state index contributed by atoms with van der Waals surface area (Å²) in [6.07, 6.45) is 0. The first-order chi connectivity index (χ1) is 9.11. The molecule has 0 aliphatic heterocycles. The topological polar surface area (TPSA) is 67.2 Å². The Morgan fingerprint density at radius 3 is 2.89 bits per heavy atom. The molecular formula is C13H14N2O3S. The maximum atomic E-state index is 11.6. The second-order valence-corrected chi connectivity index (χ2v) is 4.41. The number of aromatic hydroxyl groups is 1. The van der Waals surface area contributed by atoms with Gasteiger partial charge in [-0.1, -0.05) is 12.1 Å². The van der Waals surface area contributed by atoms with Crippen molar-refractivity contribution in [2.75, 3.05) is 13.7 Å². The Balaban J connectivity index is 2.60. The molecule has 0 atom stereocenters. The Kier molecular flexibility index (Phi) is 4.13. The SMILES string of the molecule is COCCn1c(-c2cccc(O)c2)cc(=O)[nH]c1=S. The van der Waals surface area contributed by atoms with E-state index in [9.17, 15) is 9.90 Å². The number of nitrogens with one attached hydrogen (secondary N) is 1. The molecule has 2 aromatic rings. The van der Waals surface area contributed by atoms with Crippen molar-refractivity contribution in [1.29, 1.82) is 0 Å². The van der Waals surface area contributed by atoms with Crippen molar-refractivity contribution in [3.8, 4) is 17.0 Å². The van der Waals surface area contributed by atoms with E-state index in [0.29, 0.717) is 23.6 Å². The molecule has 1 aromatic heterocycles. The lowest BCUT2D eigenvalue weighted by atomic mass is 10.1. The van der Waals surface area contributed by atoms with Crippen molar-refractivity contribution >= 4 is 12.2 Å². The lowest BCUT2D eigenvalue weighted by molar-refractivity contribution is 0.186. The van der Waals surface area contributed by atoms with Crippen LogP contribution in [-0.2, 0) is 11.3 Å². The van der Waals surface area contributed by atoms with Crippen LogP contribution in [0.1, 0.15) is 0 Å². The van der Waals surface area contributed by atoms with E-state index in [-0.39, 0.29) is 11.3 Å². The van der Waals surface area contributed by atoms with E-state index in [1.54, 1.807) is 29.9 Å². The summed E-state index contributed by atoms with van der Waals surface area (Å²) < 4.78 is 7.15. The molecule has 5 nitrogen and oxygen atoms in total. The number of benzene rings is 1. The van der Waals surface area contributed by atoms with Crippen LogP contribution in [0, 0.1) is 4.77 Å². The number of H-pyrrole nitrogens is 1. The molecule has 0 aliphatic rings. The van der Waals surface area contributed by atoms with E-state index in [1.165, 1.54) is 6.07 Å². The average molecular weight is 278 g/mol. The number of aromatic nitrogens is 2. The van der Waals surface area contributed by atoms with Crippen LogP contribution >= 0.6 is 12.2 Å². The van der Waals surface area contributed by atoms with E-state index < -0.39 is 0 Å². The monoisotopic (exact) mass is 278 g/mol. The molecule has 0 radical (unpaired) electrons. The first kappa shape index (κ1) is 13.5. The molecule has 0 aliphatic carbocycles. The van der Waals surface area contributed by atoms with Crippen molar-refractivity contribution in [3.05, 3.63) is 45.5 Å². The van der Waals surface area contributed by atoms with Crippen LogP contribution in [0.2, 0.25) is 0 Å². The van der Waals surface area contributed by atoms with E-state index in [4.69, 9.17) is 17.0 Å². The summed E-state index contributed by atoms with van der Waals surface area (Å²) >= 11 is 5.16. The van der Waals surface area contributed by atoms with Crippen molar-refractivity contribution < 1.29 is 9.84 Å².